The fourth-order valence-electron chi connectivity index (χ4n) is 2.61. The molecule has 0 spiro atoms. The first-order valence-corrected chi connectivity index (χ1v) is 11.2. The first kappa shape index (κ1) is 21.8. The molecule has 0 aliphatic carbocycles. The second-order valence-electron chi connectivity index (χ2n) is 6.94. The largest absolute Gasteiger partial charge is 0.494 e. The predicted octanol–water partition coefficient (Wildman–Crippen LogP) is 4.00. The van der Waals surface area contributed by atoms with Crippen LogP contribution in [0, 0.1) is 0 Å². The highest BCUT2D eigenvalue weighted by molar-refractivity contribution is 7.92. The average Bonchev–Trinajstić information content (AvgIpc) is 2.64. The van der Waals surface area contributed by atoms with Crippen molar-refractivity contribution in [1.29, 1.82) is 0 Å². The van der Waals surface area contributed by atoms with Crippen LogP contribution >= 0.6 is 0 Å². The molecule has 6 nitrogen and oxygen atoms in total. The molecular weight excluding hydrogens is 376 g/mol. The number of amides is 1. The van der Waals surface area contributed by atoms with Crippen LogP contribution in [0.2, 0.25) is 0 Å². The van der Waals surface area contributed by atoms with Gasteiger partial charge in [0.25, 0.3) is 0 Å². The summed E-state index contributed by atoms with van der Waals surface area (Å²) in [5.41, 5.74) is 2.21. The number of ether oxygens (including phenoxy) is 1. The van der Waals surface area contributed by atoms with Gasteiger partial charge < -0.3 is 10.1 Å². The maximum Gasteiger partial charge on any atom is 0.245 e. The minimum Gasteiger partial charge on any atom is -0.494 e. The third kappa shape index (κ3) is 6.27. The van der Waals surface area contributed by atoms with Gasteiger partial charge in [-0.3, -0.25) is 9.10 Å². The highest BCUT2D eigenvalue weighted by atomic mass is 32.2. The van der Waals surface area contributed by atoms with E-state index in [1.807, 2.05) is 31.2 Å². The van der Waals surface area contributed by atoms with Crippen molar-refractivity contribution < 1.29 is 17.9 Å². The highest BCUT2D eigenvalue weighted by Gasteiger charge is 2.21. The molecule has 0 saturated heterocycles. The van der Waals surface area contributed by atoms with Gasteiger partial charge in [0.2, 0.25) is 15.9 Å². The Morgan fingerprint density at radius 2 is 1.68 bits per heavy atom. The lowest BCUT2D eigenvalue weighted by molar-refractivity contribution is -0.114. The van der Waals surface area contributed by atoms with Gasteiger partial charge in [0.1, 0.15) is 12.3 Å². The van der Waals surface area contributed by atoms with E-state index in [-0.39, 0.29) is 6.54 Å². The van der Waals surface area contributed by atoms with Gasteiger partial charge in [0.15, 0.2) is 0 Å². The van der Waals surface area contributed by atoms with Crippen molar-refractivity contribution in [2.45, 2.75) is 33.1 Å². The molecule has 1 N–H and O–H groups in total. The van der Waals surface area contributed by atoms with E-state index in [2.05, 4.69) is 19.2 Å². The summed E-state index contributed by atoms with van der Waals surface area (Å²) in [6.07, 6.45) is 1.97. The van der Waals surface area contributed by atoms with Crippen LogP contribution in [0.5, 0.6) is 5.75 Å². The molecule has 0 radical (unpaired) electrons. The van der Waals surface area contributed by atoms with Crippen LogP contribution < -0.4 is 14.4 Å². The lowest BCUT2D eigenvalue weighted by Crippen LogP contribution is -2.37. The number of nitrogens with one attached hydrogen (secondary N) is 1. The Bertz CT molecular complexity index is 876. The molecule has 152 valence electrons. The van der Waals surface area contributed by atoms with Crippen molar-refractivity contribution in [2.24, 2.45) is 0 Å². The Balaban J connectivity index is 2.10. The molecular formula is C21H28N2O4S. The molecule has 0 bridgehead atoms. The van der Waals surface area contributed by atoms with Crippen molar-refractivity contribution in [3.8, 4) is 5.75 Å². The number of carbonyl (C=O) groups excluding carboxylic acids is 1. The molecule has 1 amide bonds. The summed E-state index contributed by atoms with van der Waals surface area (Å²) in [7, 11) is -3.62. The van der Waals surface area contributed by atoms with E-state index in [4.69, 9.17) is 4.74 Å². The minimum atomic E-state index is -3.62. The van der Waals surface area contributed by atoms with Crippen LogP contribution in [0.3, 0.4) is 0 Å². The molecule has 0 aromatic heterocycles. The van der Waals surface area contributed by atoms with Crippen LogP contribution in [-0.4, -0.2) is 33.7 Å². The number of nitrogens with zero attached hydrogens (tertiary/aromatic N) is 1. The van der Waals surface area contributed by atoms with Gasteiger partial charge in [-0.15, -0.1) is 0 Å². The Labute approximate surface area is 167 Å². The van der Waals surface area contributed by atoms with E-state index >= 15 is 0 Å². The molecule has 0 fully saturated rings. The first-order valence-electron chi connectivity index (χ1n) is 9.31. The van der Waals surface area contributed by atoms with E-state index in [0.29, 0.717) is 29.6 Å². The Morgan fingerprint density at radius 1 is 1.07 bits per heavy atom. The van der Waals surface area contributed by atoms with Gasteiger partial charge in [-0.25, -0.2) is 8.42 Å². The lowest BCUT2D eigenvalue weighted by Gasteiger charge is -2.22. The van der Waals surface area contributed by atoms with Crippen LogP contribution in [0.25, 0.3) is 0 Å². The summed E-state index contributed by atoms with van der Waals surface area (Å²) in [5.74, 6) is 0.650. The number of carbonyl (C=O) groups is 1. The van der Waals surface area contributed by atoms with Crippen molar-refractivity contribution in [2.75, 3.05) is 29.0 Å². The molecule has 7 heteroatoms. The topological polar surface area (TPSA) is 75.7 Å². The van der Waals surface area contributed by atoms with Gasteiger partial charge >= 0.3 is 0 Å². The Kier molecular flexibility index (Phi) is 7.45. The van der Waals surface area contributed by atoms with Crippen molar-refractivity contribution in [3.63, 3.8) is 0 Å². The monoisotopic (exact) mass is 404 g/mol. The average molecular weight is 405 g/mol. The maximum absolute atomic E-state index is 12.4. The van der Waals surface area contributed by atoms with Gasteiger partial charge in [-0.2, -0.15) is 0 Å². The molecule has 0 heterocycles. The second kappa shape index (κ2) is 9.59. The zero-order valence-electron chi connectivity index (χ0n) is 16.8. The highest BCUT2D eigenvalue weighted by Crippen LogP contribution is 2.22. The smallest absolute Gasteiger partial charge is 0.245 e. The minimum absolute atomic E-state index is 0.306. The quantitative estimate of drug-likeness (QED) is 0.685. The van der Waals surface area contributed by atoms with Crippen LogP contribution in [0.4, 0.5) is 11.4 Å². The molecule has 0 atom stereocenters. The number of hydrogen-bond donors (Lipinski definition) is 1. The molecule has 0 aliphatic heterocycles. The molecule has 2 aromatic rings. The molecule has 28 heavy (non-hydrogen) atoms. The van der Waals surface area contributed by atoms with E-state index < -0.39 is 15.9 Å². The zero-order chi connectivity index (χ0) is 20.7. The summed E-state index contributed by atoms with van der Waals surface area (Å²) in [6.45, 7) is 6.48. The number of anilines is 2. The fourth-order valence-corrected chi connectivity index (χ4v) is 3.47. The predicted molar refractivity (Wildman–Crippen MR) is 114 cm³/mol. The maximum atomic E-state index is 12.4. The Morgan fingerprint density at radius 3 is 2.18 bits per heavy atom. The summed E-state index contributed by atoms with van der Waals surface area (Å²) >= 11 is 0. The fraction of sp³-hybridized carbons (Fsp3) is 0.381. The standard InChI is InChI=1S/C21H28N2O4S/c1-5-14-27-20-12-10-19(11-13-20)23(28(4,25)26)15-21(24)22-18-8-6-17(7-9-18)16(2)3/h6-13,16H,5,14-15H2,1-4H3,(H,22,24). The third-order valence-electron chi connectivity index (χ3n) is 4.15. The number of hydrogen-bond acceptors (Lipinski definition) is 4. The van der Waals surface area contributed by atoms with Crippen LogP contribution in [0.15, 0.2) is 48.5 Å². The number of sulfonamides is 1. The number of rotatable bonds is 9. The lowest BCUT2D eigenvalue weighted by atomic mass is 10.0. The molecule has 2 rings (SSSR count). The van der Waals surface area contributed by atoms with Gasteiger partial charge in [-0.1, -0.05) is 32.9 Å². The zero-order valence-corrected chi connectivity index (χ0v) is 17.6. The van der Waals surface area contributed by atoms with Crippen molar-refractivity contribution >= 4 is 27.3 Å². The summed E-state index contributed by atoms with van der Waals surface area (Å²) < 4.78 is 31.0. The number of benzene rings is 2. The van der Waals surface area contributed by atoms with Crippen LogP contribution in [0.1, 0.15) is 38.7 Å². The van der Waals surface area contributed by atoms with Gasteiger partial charge in [-0.05, 0) is 54.3 Å². The molecule has 0 unspecified atom stereocenters. The summed E-state index contributed by atoms with van der Waals surface area (Å²) in [6, 6.07) is 14.2. The van der Waals surface area contributed by atoms with E-state index in [9.17, 15) is 13.2 Å². The first-order chi connectivity index (χ1) is 13.2. The van der Waals surface area contributed by atoms with Gasteiger partial charge in [0.05, 0.1) is 18.6 Å². The normalized spacial score (nSPS) is 11.3. The van der Waals surface area contributed by atoms with E-state index in [0.717, 1.165) is 17.0 Å². The summed E-state index contributed by atoms with van der Waals surface area (Å²) in [4.78, 5) is 12.4. The van der Waals surface area contributed by atoms with Crippen molar-refractivity contribution in [3.05, 3.63) is 54.1 Å². The summed E-state index contributed by atoms with van der Waals surface area (Å²) in [5, 5.41) is 2.75. The molecule has 2 aromatic carbocycles. The molecule has 0 aliphatic rings. The third-order valence-corrected chi connectivity index (χ3v) is 5.29. The van der Waals surface area contributed by atoms with E-state index in [1.54, 1.807) is 24.3 Å². The SMILES string of the molecule is CCCOc1ccc(N(CC(=O)Nc2ccc(C(C)C)cc2)S(C)(=O)=O)cc1. The van der Waals surface area contributed by atoms with E-state index in [1.165, 1.54) is 5.56 Å². The van der Waals surface area contributed by atoms with Crippen LogP contribution in [-0.2, 0) is 14.8 Å². The molecule has 0 saturated carbocycles. The van der Waals surface area contributed by atoms with Gasteiger partial charge in [0, 0.05) is 5.69 Å². The second-order valence-corrected chi connectivity index (χ2v) is 8.84. The van der Waals surface area contributed by atoms with Crippen molar-refractivity contribution in [1.82, 2.24) is 0 Å². The Hall–Kier alpha value is -2.54.